The Labute approximate surface area is 111 Å². The van der Waals surface area contributed by atoms with Gasteiger partial charge in [0.15, 0.2) is 11.4 Å². The zero-order chi connectivity index (χ0) is 13.5. The Kier molecular flexibility index (Phi) is 3.02. The van der Waals surface area contributed by atoms with Crippen molar-refractivity contribution in [3.63, 3.8) is 0 Å². The summed E-state index contributed by atoms with van der Waals surface area (Å²) in [6.07, 6.45) is 0. The Balaban J connectivity index is 1.59. The van der Waals surface area contributed by atoms with Crippen molar-refractivity contribution in [2.75, 3.05) is 32.8 Å². The summed E-state index contributed by atoms with van der Waals surface area (Å²) >= 11 is 0. The van der Waals surface area contributed by atoms with Gasteiger partial charge in [-0.2, -0.15) is 4.98 Å². The lowest BCUT2D eigenvalue weighted by molar-refractivity contribution is -0.164. The van der Waals surface area contributed by atoms with Gasteiger partial charge < -0.3 is 19.5 Å². The highest BCUT2D eigenvalue weighted by atomic mass is 16.5. The summed E-state index contributed by atoms with van der Waals surface area (Å²) in [5.41, 5.74) is -0.742. The largest absolute Gasteiger partial charge is 0.363 e. The van der Waals surface area contributed by atoms with Crippen LogP contribution in [0.4, 0.5) is 0 Å². The summed E-state index contributed by atoms with van der Waals surface area (Å²) < 4.78 is 10.7. The van der Waals surface area contributed by atoms with E-state index < -0.39 is 5.60 Å². The molecule has 19 heavy (non-hydrogen) atoms. The van der Waals surface area contributed by atoms with Gasteiger partial charge >= 0.3 is 0 Å². The third kappa shape index (κ3) is 2.23. The van der Waals surface area contributed by atoms with E-state index in [4.69, 9.17) is 9.26 Å². The van der Waals surface area contributed by atoms with Crippen molar-refractivity contribution in [1.29, 1.82) is 0 Å². The number of ether oxygens (including phenoxy) is 1. The predicted molar refractivity (Wildman–Crippen MR) is 65.6 cm³/mol. The first-order valence-electron chi connectivity index (χ1n) is 6.53. The molecular formula is C12H18N4O3. The monoisotopic (exact) mass is 266 g/mol. The number of nitrogens with zero attached hydrogens (tertiary/aromatic N) is 3. The van der Waals surface area contributed by atoms with Crippen molar-refractivity contribution in [3.8, 4) is 0 Å². The summed E-state index contributed by atoms with van der Waals surface area (Å²) in [5, 5.41) is 6.96. The molecule has 1 atom stereocenters. The predicted octanol–water partition coefficient (Wildman–Crippen LogP) is -0.318. The smallest absolute Gasteiger partial charge is 0.255 e. The number of amides is 1. The van der Waals surface area contributed by atoms with Crippen LogP contribution in [0.15, 0.2) is 4.52 Å². The van der Waals surface area contributed by atoms with Crippen LogP contribution in [0, 0.1) is 6.92 Å². The average Bonchev–Trinajstić information content (AvgIpc) is 2.74. The van der Waals surface area contributed by atoms with Gasteiger partial charge in [-0.15, -0.1) is 0 Å². The molecule has 7 nitrogen and oxygen atoms in total. The number of hydrogen-bond acceptors (Lipinski definition) is 6. The van der Waals surface area contributed by atoms with Gasteiger partial charge in [-0.25, -0.2) is 0 Å². The van der Waals surface area contributed by atoms with Gasteiger partial charge in [0.1, 0.15) is 0 Å². The van der Waals surface area contributed by atoms with Crippen molar-refractivity contribution in [2.24, 2.45) is 0 Å². The summed E-state index contributed by atoms with van der Waals surface area (Å²) in [6, 6.07) is 0. The fourth-order valence-corrected chi connectivity index (χ4v) is 2.48. The van der Waals surface area contributed by atoms with E-state index in [2.05, 4.69) is 15.5 Å². The van der Waals surface area contributed by atoms with Gasteiger partial charge in [-0.3, -0.25) is 4.79 Å². The summed E-state index contributed by atoms with van der Waals surface area (Å²) in [7, 11) is 0. The maximum atomic E-state index is 12.4. The van der Waals surface area contributed by atoms with E-state index in [1.807, 2.05) is 6.92 Å². The molecule has 0 saturated carbocycles. The summed E-state index contributed by atoms with van der Waals surface area (Å²) in [6.45, 7) is 6.81. The van der Waals surface area contributed by atoms with E-state index in [1.54, 1.807) is 11.8 Å². The lowest BCUT2D eigenvalue weighted by Crippen LogP contribution is -2.62. The molecule has 1 aromatic rings. The molecule has 0 spiro atoms. The second-order valence-electron chi connectivity index (χ2n) is 5.34. The minimum atomic E-state index is -0.742. The normalized spacial score (nSPS) is 28.2. The van der Waals surface area contributed by atoms with Gasteiger partial charge in [0.25, 0.3) is 5.91 Å². The molecule has 1 aromatic heterocycles. The Hall–Kier alpha value is -1.47. The maximum Gasteiger partial charge on any atom is 0.255 e. The molecule has 2 fully saturated rings. The molecule has 2 saturated heterocycles. The van der Waals surface area contributed by atoms with Crippen molar-refractivity contribution in [2.45, 2.75) is 25.4 Å². The van der Waals surface area contributed by atoms with E-state index in [9.17, 15) is 4.79 Å². The van der Waals surface area contributed by atoms with Gasteiger partial charge in [0.2, 0.25) is 5.89 Å². The summed E-state index contributed by atoms with van der Waals surface area (Å²) in [5.74, 6) is 1.44. The lowest BCUT2D eigenvalue weighted by atomic mass is 9.95. The van der Waals surface area contributed by atoms with Gasteiger partial charge in [-0.05, 0) is 13.8 Å². The first-order chi connectivity index (χ1) is 9.08. The van der Waals surface area contributed by atoms with Crippen LogP contribution in [0.1, 0.15) is 24.6 Å². The van der Waals surface area contributed by atoms with Crippen LogP contribution in [0.2, 0.25) is 0 Å². The molecule has 0 bridgehead atoms. The Bertz CT molecular complexity index is 475. The minimum Gasteiger partial charge on any atom is -0.363 e. The number of carbonyl (C=O) groups excluding carboxylic acids is 1. The van der Waals surface area contributed by atoms with Crippen molar-refractivity contribution >= 4 is 5.91 Å². The molecule has 3 heterocycles. The third-order valence-electron chi connectivity index (χ3n) is 3.68. The van der Waals surface area contributed by atoms with Crippen LogP contribution in [-0.2, 0) is 9.53 Å². The molecule has 1 amide bonds. The molecule has 104 valence electrons. The number of hydrogen-bond donors (Lipinski definition) is 1. The SMILES string of the molecule is Cc1noc(C2CN(C(=O)[C@]3(C)CNCCO3)C2)n1. The van der Waals surface area contributed by atoms with E-state index in [0.29, 0.717) is 38.0 Å². The third-order valence-corrected chi connectivity index (χ3v) is 3.68. The number of likely N-dealkylation sites (tertiary alicyclic amines) is 1. The molecule has 0 aromatic carbocycles. The van der Waals surface area contributed by atoms with Gasteiger partial charge in [-0.1, -0.05) is 5.16 Å². The Morgan fingerprint density at radius 1 is 1.53 bits per heavy atom. The number of aromatic nitrogens is 2. The second-order valence-corrected chi connectivity index (χ2v) is 5.34. The lowest BCUT2D eigenvalue weighted by Gasteiger charge is -2.43. The quantitative estimate of drug-likeness (QED) is 0.790. The van der Waals surface area contributed by atoms with Crippen molar-refractivity contribution in [1.82, 2.24) is 20.4 Å². The molecule has 0 aliphatic carbocycles. The van der Waals surface area contributed by atoms with Gasteiger partial charge in [0.05, 0.1) is 12.5 Å². The van der Waals surface area contributed by atoms with Crippen LogP contribution in [0.5, 0.6) is 0 Å². The van der Waals surface area contributed by atoms with E-state index in [0.717, 1.165) is 6.54 Å². The zero-order valence-electron chi connectivity index (χ0n) is 11.2. The van der Waals surface area contributed by atoms with Crippen LogP contribution in [-0.4, -0.2) is 59.3 Å². The van der Waals surface area contributed by atoms with Crippen molar-refractivity contribution in [3.05, 3.63) is 11.7 Å². The number of morpholine rings is 1. The average molecular weight is 266 g/mol. The molecular weight excluding hydrogens is 248 g/mol. The van der Waals surface area contributed by atoms with E-state index in [-0.39, 0.29) is 11.8 Å². The van der Waals surface area contributed by atoms with E-state index in [1.165, 1.54) is 0 Å². The number of carbonyl (C=O) groups is 1. The maximum absolute atomic E-state index is 12.4. The molecule has 1 N–H and O–H groups in total. The standard InChI is InChI=1S/C12H18N4O3/c1-8-14-10(19-15-8)9-5-16(6-9)11(17)12(2)7-13-3-4-18-12/h9,13H,3-7H2,1-2H3/t12-/m0/s1. The molecule has 0 radical (unpaired) electrons. The molecule has 2 aliphatic heterocycles. The topological polar surface area (TPSA) is 80.5 Å². The molecule has 2 aliphatic rings. The number of rotatable bonds is 2. The second kappa shape index (κ2) is 4.57. The minimum absolute atomic E-state index is 0.0344. The van der Waals surface area contributed by atoms with Crippen molar-refractivity contribution < 1.29 is 14.1 Å². The van der Waals surface area contributed by atoms with Crippen LogP contribution >= 0.6 is 0 Å². The number of nitrogens with one attached hydrogen (secondary N) is 1. The number of aryl methyl sites for hydroxylation is 1. The molecule has 7 heteroatoms. The Morgan fingerprint density at radius 2 is 2.32 bits per heavy atom. The van der Waals surface area contributed by atoms with Crippen LogP contribution in [0.25, 0.3) is 0 Å². The highest BCUT2D eigenvalue weighted by Gasteiger charge is 2.45. The van der Waals surface area contributed by atoms with Crippen LogP contribution < -0.4 is 5.32 Å². The fraction of sp³-hybridized carbons (Fsp3) is 0.750. The Morgan fingerprint density at radius 3 is 2.89 bits per heavy atom. The highest BCUT2D eigenvalue weighted by Crippen LogP contribution is 2.29. The van der Waals surface area contributed by atoms with Gasteiger partial charge in [0, 0.05) is 26.2 Å². The first-order valence-corrected chi connectivity index (χ1v) is 6.53. The molecule has 3 rings (SSSR count). The van der Waals surface area contributed by atoms with E-state index >= 15 is 0 Å². The molecule has 0 unspecified atom stereocenters. The highest BCUT2D eigenvalue weighted by molar-refractivity contribution is 5.86. The first kappa shape index (κ1) is 12.6. The fourth-order valence-electron chi connectivity index (χ4n) is 2.48. The summed E-state index contributed by atoms with van der Waals surface area (Å²) in [4.78, 5) is 18.4. The zero-order valence-corrected chi connectivity index (χ0v) is 11.2. The van der Waals surface area contributed by atoms with Crippen LogP contribution in [0.3, 0.4) is 0 Å².